The third kappa shape index (κ3) is 6.00. The number of nitrogens with one attached hydrogen (secondary N) is 1. The Morgan fingerprint density at radius 3 is 2.21 bits per heavy atom. The highest BCUT2D eigenvalue weighted by atomic mass is 19.1. The van der Waals surface area contributed by atoms with E-state index in [0.29, 0.717) is 6.54 Å². The first-order chi connectivity index (χ1) is 13.9. The summed E-state index contributed by atoms with van der Waals surface area (Å²) in [7, 11) is 0. The maximum Gasteiger partial charge on any atom is 0.237 e. The lowest BCUT2D eigenvalue weighted by atomic mass is 10.1. The standard InChI is InChI=1S/C22H33FN4O2/c1-17(19-6-8-20(23)9-7-19)24-22(29)18(2)26-14-12-25(13-15-26)16-21(28)27-10-4-3-5-11-27/h6-9,17-18H,3-5,10-16H2,1-2H3,(H,24,29). The van der Waals surface area contributed by atoms with Gasteiger partial charge in [-0.3, -0.25) is 19.4 Å². The molecule has 0 radical (unpaired) electrons. The van der Waals surface area contributed by atoms with Gasteiger partial charge in [-0.2, -0.15) is 0 Å². The Hall–Kier alpha value is -1.99. The molecule has 2 aliphatic heterocycles. The molecule has 1 aromatic rings. The van der Waals surface area contributed by atoms with Crippen molar-refractivity contribution in [2.45, 2.75) is 45.2 Å². The van der Waals surface area contributed by atoms with Crippen LogP contribution >= 0.6 is 0 Å². The third-order valence-electron chi connectivity index (χ3n) is 6.13. The van der Waals surface area contributed by atoms with Gasteiger partial charge < -0.3 is 10.2 Å². The summed E-state index contributed by atoms with van der Waals surface area (Å²) in [5.74, 6) is -0.0750. The van der Waals surface area contributed by atoms with Gasteiger partial charge >= 0.3 is 0 Å². The van der Waals surface area contributed by atoms with Gasteiger partial charge in [-0.1, -0.05) is 12.1 Å². The number of carbonyl (C=O) groups is 2. The topological polar surface area (TPSA) is 55.9 Å². The van der Waals surface area contributed by atoms with Crippen molar-refractivity contribution in [1.82, 2.24) is 20.0 Å². The Bertz CT molecular complexity index is 683. The fourth-order valence-corrected chi connectivity index (χ4v) is 4.08. The molecule has 1 N–H and O–H groups in total. The summed E-state index contributed by atoms with van der Waals surface area (Å²) in [5, 5.41) is 3.02. The Labute approximate surface area is 173 Å². The van der Waals surface area contributed by atoms with E-state index in [1.807, 2.05) is 18.7 Å². The molecule has 29 heavy (non-hydrogen) atoms. The van der Waals surface area contributed by atoms with Crippen LogP contribution in [0.5, 0.6) is 0 Å². The van der Waals surface area contributed by atoms with Gasteiger partial charge in [-0.15, -0.1) is 0 Å². The normalized spacial score (nSPS) is 20.9. The van der Waals surface area contributed by atoms with Crippen LogP contribution in [0.3, 0.4) is 0 Å². The summed E-state index contributed by atoms with van der Waals surface area (Å²) in [6.45, 7) is 9.22. The summed E-state index contributed by atoms with van der Waals surface area (Å²) in [5.41, 5.74) is 0.882. The number of amides is 2. The molecular formula is C22H33FN4O2. The maximum absolute atomic E-state index is 13.1. The Balaban J connectivity index is 1.42. The quantitative estimate of drug-likeness (QED) is 0.788. The zero-order chi connectivity index (χ0) is 20.8. The number of nitrogens with zero attached hydrogens (tertiary/aromatic N) is 3. The molecule has 6 nitrogen and oxygen atoms in total. The largest absolute Gasteiger partial charge is 0.348 e. The molecule has 0 bridgehead atoms. The molecule has 7 heteroatoms. The van der Waals surface area contributed by atoms with Gasteiger partial charge in [0.2, 0.25) is 11.8 Å². The summed E-state index contributed by atoms with van der Waals surface area (Å²) in [4.78, 5) is 31.5. The molecule has 2 saturated heterocycles. The van der Waals surface area contributed by atoms with Crippen molar-refractivity contribution in [3.8, 4) is 0 Å². The van der Waals surface area contributed by atoms with E-state index in [2.05, 4.69) is 15.1 Å². The SMILES string of the molecule is CC(NC(=O)C(C)N1CCN(CC(=O)N2CCCCC2)CC1)c1ccc(F)cc1. The number of piperidine rings is 1. The molecule has 0 aliphatic carbocycles. The zero-order valence-corrected chi connectivity index (χ0v) is 17.6. The van der Waals surface area contributed by atoms with Gasteiger partial charge in [0.25, 0.3) is 0 Å². The molecule has 2 aliphatic rings. The number of benzene rings is 1. The van der Waals surface area contributed by atoms with E-state index in [4.69, 9.17) is 0 Å². The van der Waals surface area contributed by atoms with E-state index in [9.17, 15) is 14.0 Å². The van der Waals surface area contributed by atoms with Crippen LogP contribution in [0.4, 0.5) is 4.39 Å². The zero-order valence-electron chi connectivity index (χ0n) is 17.6. The van der Waals surface area contributed by atoms with Gasteiger partial charge in [-0.25, -0.2) is 4.39 Å². The van der Waals surface area contributed by atoms with Crippen molar-refractivity contribution in [2.24, 2.45) is 0 Å². The molecule has 2 unspecified atom stereocenters. The average molecular weight is 405 g/mol. The number of hydrogen-bond donors (Lipinski definition) is 1. The number of piperazine rings is 1. The number of likely N-dealkylation sites (tertiary alicyclic amines) is 1. The number of rotatable bonds is 6. The van der Waals surface area contributed by atoms with Gasteiger partial charge in [0.1, 0.15) is 5.82 Å². The number of halogens is 1. The minimum Gasteiger partial charge on any atom is -0.348 e. The highest BCUT2D eigenvalue weighted by Gasteiger charge is 2.28. The summed E-state index contributed by atoms with van der Waals surface area (Å²) in [6.07, 6.45) is 3.45. The molecule has 0 saturated carbocycles. The Morgan fingerprint density at radius 1 is 0.966 bits per heavy atom. The van der Waals surface area contributed by atoms with Gasteiger partial charge in [-0.05, 0) is 50.8 Å². The van der Waals surface area contributed by atoms with Crippen molar-refractivity contribution < 1.29 is 14.0 Å². The molecular weight excluding hydrogens is 371 g/mol. The van der Waals surface area contributed by atoms with Crippen LogP contribution in [0.2, 0.25) is 0 Å². The molecule has 2 amide bonds. The molecule has 1 aromatic carbocycles. The van der Waals surface area contributed by atoms with E-state index in [-0.39, 0.29) is 29.7 Å². The first-order valence-electron chi connectivity index (χ1n) is 10.7. The van der Waals surface area contributed by atoms with E-state index >= 15 is 0 Å². The van der Waals surface area contributed by atoms with Gasteiger partial charge in [0, 0.05) is 39.3 Å². The first kappa shape index (κ1) is 21.7. The highest BCUT2D eigenvalue weighted by Crippen LogP contribution is 2.15. The van der Waals surface area contributed by atoms with Crippen molar-refractivity contribution in [3.05, 3.63) is 35.6 Å². The first-order valence-corrected chi connectivity index (χ1v) is 10.7. The van der Waals surface area contributed by atoms with Crippen molar-refractivity contribution in [3.63, 3.8) is 0 Å². The lowest BCUT2D eigenvalue weighted by Gasteiger charge is -2.38. The summed E-state index contributed by atoms with van der Waals surface area (Å²) in [6, 6.07) is 5.80. The molecule has 3 rings (SSSR count). The Morgan fingerprint density at radius 2 is 1.59 bits per heavy atom. The smallest absolute Gasteiger partial charge is 0.237 e. The van der Waals surface area contributed by atoms with Crippen LogP contribution in [0, 0.1) is 5.82 Å². The minimum absolute atomic E-state index is 0.0281. The maximum atomic E-state index is 13.1. The van der Waals surface area contributed by atoms with Crippen LogP contribution in [-0.4, -0.2) is 78.4 Å². The fourth-order valence-electron chi connectivity index (χ4n) is 4.08. The third-order valence-corrected chi connectivity index (χ3v) is 6.13. The lowest BCUT2D eigenvalue weighted by Crippen LogP contribution is -2.55. The molecule has 0 aromatic heterocycles. The molecule has 2 heterocycles. The number of carbonyl (C=O) groups excluding carboxylic acids is 2. The van der Waals surface area contributed by atoms with Crippen LogP contribution < -0.4 is 5.32 Å². The molecule has 2 atom stereocenters. The van der Waals surface area contributed by atoms with Crippen molar-refractivity contribution >= 4 is 11.8 Å². The van der Waals surface area contributed by atoms with Crippen LogP contribution in [-0.2, 0) is 9.59 Å². The highest BCUT2D eigenvalue weighted by molar-refractivity contribution is 5.81. The minimum atomic E-state index is -0.280. The fraction of sp³-hybridized carbons (Fsp3) is 0.636. The van der Waals surface area contributed by atoms with E-state index < -0.39 is 0 Å². The molecule has 0 spiro atoms. The molecule has 160 valence electrons. The summed E-state index contributed by atoms with van der Waals surface area (Å²) < 4.78 is 13.1. The van der Waals surface area contributed by atoms with Crippen molar-refractivity contribution in [2.75, 3.05) is 45.8 Å². The predicted octanol–water partition coefficient (Wildman–Crippen LogP) is 2.02. The van der Waals surface area contributed by atoms with E-state index in [1.165, 1.54) is 18.6 Å². The monoisotopic (exact) mass is 404 g/mol. The Kier molecular flexibility index (Phi) is 7.61. The van der Waals surface area contributed by atoms with Crippen LogP contribution in [0.1, 0.15) is 44.7 Å². The average Bonchev–Trinajstić information content (AvgIpc) is 2.74. The second kappa shape index (κ2) is 10.2. The van der Waals surface area contributed by atoms with Gasteiger partial charge in [0.15, 0.2) is 0 Å². The van der Waals surface area contributed by atoms with Crippen molar-refractivity contribution in [1.29, 1.82) is 0 Å². The second-order valence-corrected chi connectivity index (χ2v) is 8.21. The second-order valence-electron chi connectivity index (χ2n) is 8.21. The van der Waals surface area contributed by atoms with Crippen LogP contribution in [0.15, 0.2) is 24.3 Å². The summed E-state index contributed by atoms with van der Waals surface area (Å²) >= 11 is 0. The van der Waals surface area contributed by atoms with E-state index in [1.54, 1.807) is 12.1 Å². The van der Waals surface area contributed by atoms with E-state index in [0.717, 1.165) is 57.7 Å². The molecule has 2 fully saturated rings. The lowest BCUT2D eigenvalue weighted by molar-refractivity contribution is -0.134. The predicted molar refractivity (Wildman–Crippen MR) is 111 cm³/mol. The number of hydrogen-bond acceptors (Lipinski definition) is 4. The van der Waals surface area contributed by atoms with Crippen LogP contribution in [0.25, 0.3) is 0 Å². The van der Waals surface area contributed by atoms with Gasteiger partial charge in [0.05, 0.1) is 18.6 Å².